The summed E-state index contributed by atoms with van der Waals surface area (Å²) in [5.74, 6) is -0.403. The number of carboxylic acids is 1. The Morgan fingerprint density at radius 1 is 1.38 bits per heavy atom. The molecule has 0 aromatic carbocycles. The fraction of sp³-hybridized carbons (Fsp3) is 0.750. The topological polar surface area (TPSA) is 102 Å². The molecule has 21 heavy (non-hydrogen) atoms. The second-order valence-corrected chi connectivity index (χ2v) is 9.04. The van der Waals surface area contributed by atoms with Crippen LogP contribution in [0.1, 0.15) is 33.0 Å². The third-order valence-electron chi connectivity index (χ3n) is 3.13. The van der Waals surface area contributed by atoms with Crippen LogP contribution in [0, 0.1) is 0 Å². The van der Waals surface area contributed by atoms with Crippen LogP contribution in [0.4, 0.5) is 0 Å². The van der Waals surface area contributed by atoms with E-state index in [0.717, 1.165) is 18.2 Å². The first kappa shape index (κ1) is 18.0. The van der Waals surface area contributed by atoms with Crippen molar-refractivity contribution in [3.63, 3.8) is 0 Å². The Balaban J connectivity index is 3.12. The summed E-state index contributed by atoms with van der Waals surface area (Å²) in [6.45, 7) is 5.48. The van der Waals surface area contributed by atoms with E-state index in [-0.39, 0.29) is 12.3 Å². The van der Waals surface area contributed by atoms with Gasteiger partial charge in [0.05, 0.1) is 10.5 Å². The van der Waals surface area contributed by atoms with Crippen molar-refractivity contribution >= 4 is 27.6 Å². The number of aliphatic carboxylic acids is 1. The molecule has 0 saturated heterocycles. The number of nitrogens with zero attached hydrogens (tertiary/aromatic N) is 3. The highest BCUT2D eigenvalue weighted by Crippen LogP contribution is 2.24. The molecule has 0 radical (unpaired) electrons. The Morgan fingerprint density at radius 2 is 2.00 bits per heavy atom. The van der Waals surface area contributed by atoms with Crippen LogP contribution in [0.25, 0.3) is 0 Å². The Bertz CT molecular complexity index is 608. The highest BCUT2D eigenvalue weighted by molar-refractivity contribution is 7.99. The molecular formula is C12H21N3O4S2. The molecule has 0 aliphatic rings. The van der Waals surface area contributed by atoms with Crippen LogP contribution in [0.3, 0.4) is 0 Å². The van der Waals surface area contributed by atoms with E-state index in [4.69, 9.17) is 5.11 Å². The molecular weight excluding hydrogens is 314 g/mol. The van der Waals surface area contributed by atoms with Gasteiger partial charge in [-0.3, -0.25) is 4.79 Å². The number of rotatable bonds is 8. The first-order valence-electron chi connectivity index (χ1n) is 6.54. The average Bonchev–Trinajstić information content (AvgIpc) is 2.68. The summed E-state index contributed by atoms with van der Waals surface area (Å²) in [5, 5.41) is 17.3. The summed E-state index contributed by atoms with van der Waals surface area (Å²) in [4.78, 5) is 10.7. The van der Waals surface area contributed by atoms with Crippen molar-refractivity contribution in [1.82, 2.24) is 14.8 Å². The summed E-state index contributed by atoms with van der Waals surface area (Å²) in [5.41, 5.74) is 0. The Labute approximate surface area is 129 Å². The fourth-order valence-electron chi connectivity index (χ4n) is 1.62. The number of carbonyl (C=O) groups is 1. The van der Waals surface area contributed by atoms with Gasteiger partial charge in [0.25, 0.3) is 0 Å². The van der Waals surface area contributed by atoms with Gasteiger partial charge in [-0.15, -0.1) is 10.2 Å². The van der Waals surface area contributed by atoms with E-state index in [0.29, 0.717) is 17.4 Å². The van der Waals surface area contributed by atoms with Gasteiger partial charge in [-0.05, 0) is 20.3 Å². The molecule has 0 aliphatic heterocycles. The van der Waals surface area contributed by atoms with Crippen molar-refractivity contribution in [2.75, 3.05) is 12.0 Å². The van der Waals surface area contributed by atoms with Crippen molar-refractivity contribution in [2.24, 2.45) is 0 Å². The summed E-state index contributed by atoms with van der Waals surface area (Å²) < 4.78 is 24.5. The lowest BCUT2D eigenvalue weighted by Gasteiger charge is -2.24. The SMILES string of the molecule is CCCc1nnc(SCC(=O)O)n1CC(C)(C)S(C)(=O)=O. The van der Waals surface area contributed by atoms with Gasteiger partial charge in [-0.1, -0.05) is 18.7 Å². The third-order valence-corrected chi connectivity index (χ3v) is 6.22. The largest absolute Gasteiger partial charge is 0.481 e. The van der Waals surface area contributed by atoms with Gasteiger partial charge in [-0.2, -0.15) is 0 Å². The van der Waals surface area contributed by atoms with Crippen LogP contribution < -0.4 is 0 Å². The van der Waals surface area contributed by atoms with Gasteiger partial charge in [0.1, 0.15) is 5.82 Å². The van der Waals surface area contributed by atoms with Crippen LogP contribution >= 0.6 is 11.8 Å². The number of sulfone groups is 1. The van der Waals surface area contributed by atoms with E-state index >= 15 is 0 Å². The van der Waals surface area contributed by atoms with Crippen molar-refractivity contribution in [3.8, 4) is 0 Å². The molecule has 0 bridgehead atoms. The highest BCUT2D eigenvalue weighted by atomic mass is 32.2. The maximum atomic E-state index is 11.9. The molecule has 1 aromatic heterocycles. The van der Waals surface area contributed by atoms with E-state index in [9.17, 15) is 13.2 Å². The van der Waals surface area contributed by atoms with Gasteiger partial charge in [-0.25, -0.2) is 8.42 Å². The standard InChI is InChI=1S/C12H21N3O4S2/c1-5-6-9-13-14-11(20-7-10(16)17)15(9)8-12(2,3)21(4,18)19/h5-8H2,1-4H3,(H,16,17). The summed E-state index contributed by atoms with van der Waals surface area (Å²) in [6.07, 6.45) is 2.71. The Hall–Kier alpha value is -1.09. The van der Waals surface area contributed by atoms with Crippen LogP contribution in [0.5, 0.6) is 0 Å². The average molecular weight is 335 g/mol. The predicted octanol–water partition coefficient (Wildman–Crippen LogP) is 1.23. The molecule has 1 heterocycles. The van der Waals surface area contributed by atoms with Crippen LogP contribution in [0.15, 0.2) is 5.16 Å². The molecule has 0 atom stereocenters. The minimum atomic E-state index is -3.26. The molecule has 1 N–H and O–H groups in total. The summed E-state index contributed by atoms with van der Waals surface area (Å²) >= 11 is 1.05. The van der Waals surface area contributed by atoms with Gasteiger partial charge in [0.15, 0.2) is 15.0 Å². The first-order chi connectivity index (χ1) is 9.58. The smallest absolute Gasteiger partial charge is 0.313 e. The first-order valence-corrected chi connectivity index (χ1v) is 9.42. The van der Waals surface area contributed by atoms with Crippen molar-refractivity contribution < 1.29 is 18.3 Å². The van der Waals surface area contributed by atoms with Crippen molar-refractivity contribution in [1.29, 1.82) is 0 Å². The monoisotopic (exact) mass is 335 g/mol. The van der Waals surface area contributed by atoms with Crippen LogP contribution in [0.2, 0.25) is 0 Å². The van der Waals surface area contributed by atoms with Crippen molar-refractivity contribution in [2.45, 2.75) is 50.1 Å². The van der Waals surface area contributed by atoms with E-state index in [1.807, 2.05) is 6.92 Å². The Kier molecular flexibility index (Phi) is 5.80. The number of aromatic nitrogens is 3. The molecule has 1 rings (SSSR count). The molecule has 0 saturated carbocycles. The van der Waals surface area contributed by atoms with E-state index in [2.05, 4.69) is 10.2 Å². The van der Waals surface area contributed by atoms with Crippen molar-refractivity contribution in [3.05, 3.63) is 5.82 Å². The molecule has 1 aromatic rings. The molecule has 9 heteroatoms. The molecule has 0 fully saturated rings. The molecule has 0 amide bonds. The molecule has 0 aliphatic carbocycles. The van der Waals surface area contributed by atoms with E-state index < -0.39 is 20.6 Å². The van der Waals surface area contributed by atoms with Gasteiger partial charge in [0, 0.05) is 19.2 Å². The Morgan fingerprint density at radius 3 is 2.48 bits per heavy atom. The molecule has 120 valence electrons. The second-order valence-electron chi connectivity index (χ2n) is 5.45. The quantitative estimate of drug-likeness (QED) is 0.713. The summed E-state index contributed by atoms with van der Waals surface area (Å²) in [7, 11) is -3.26. The highest BCUT2D eigenvalue weighted by Gasteiger charge is 2.32. The van der Waals surface area contributed by atoms with Crippen LogP contribution in [-0.4, -0.2) is 51.0 Å². The number of aryl methyl sites for hydroxylation is 1. The molecule has 0 unspecified atom stereocenters. The lowest BCUT2D eigenvalue weighted by atomic mass is 10.2. The summed E-state index contributed by atoms with van der Waals surface area (Å²) in [6, 6.07) is 0. The van der Waals surface area contributed by atoms with Crippen LogP contribution in [-0.2, 0) is 27.6 Å². The number of thioether (sulfide) groups is 1. The zero-order chi connectivity index (χ0) is 16.3. The lowest BCUT2D eigenvalue weighted by Crippen LogP contribution is -2.36. The maximum absolute atomic E-state index is 11.9. The number of hydrogen-bond acceptors (Lipinski definition) is 6. The zero-order valence-corrected chi connectivity index (χ0v) is 14.3. The van der Waals surface area contributed by atoms with Gasteiger partial charge >= 0.3 is 5.97 Å². The third kappa shape index (κ3) is 4.70. The second kappa shape index (κ2) is 6.78. The number of hydrogen-bond donors (Lipinski definition) is 1. The molecule has 7 nitrogen and oxygen atoms in total. The maximum Gasteiger partial charge on any atom is 0.313 e. The zero-order valence-electron chi connectivity index (χ0n) is 12.7. The molecule has 0 spiro atoms. The van der Waals surface area contributed by atoms with Gasteiger partial charge in [0.2, 0.25) is 0 Å². The van der Waals surface area contributed by atoms with Gasteiger partial charge < -0.3 is 9.67 Å². The van der Waals surface area contributed by atoms with E-state index in [1.54, 1.807) is 18.4 Å². The lowest BCUT2D eigenvalue weighted by molar-refractivity contribution is -0.133. The predicted molar refractivity (Wildman–Crippen MR) is 81.3 cm³/mol. The fourth-order valence-corrected chi connectivity index (χ4v) is 2.66. The number of carboxylic acid groups (broad SMARTS) is 1. The normalized spacial score (nSPS) is 12.6. The minimum Gasteiger partial charge on any atom is -0.481 e. The van der Waals surface area contributed by atoms with E-state index in [1.165, 1.54) is 6.26 Å². The minimum absolute atomic E-state index is 0.135.